The Labute approximate surface area is 85.4 Å². The first kappa shape index (κ1) is 9.97. The van der Waals surface area contributed by atoms with Crippen LogP contribution in [0.25, 0.3) is 0 Å². The standard InChI is InChI=1S/C11H20N2O/c1-2-11(14)13-10-5-8-3-7(6-12)4-9(8)10/h7-10H,2-6,12H2,1H3,(H,13,14). The summed E-state index contributed by atoms with van der Waals surface area (Å²) in [5.41, 5.74) is 5.67. The molecule has 0 radical (unpaired) electrons. The van der Waals surface area contributed by atoms with Gasteiger partial charge in [0, 0.05) is 12.5 Å². The predicted molar refractivity (Wildman–Crippen MR) is 55.6 cm³/mol. The second-order valence-electron chi connectivity index (χ2n) is 4.76. The van der Waals surface area contributed by atoms with Crippen molar-refractivity contribution in [1.82, 2.24) is 5.32 Å². The van der Waals surface area contributed by atoms with Crippen LogP contribution in [0.4, 0.5) is 0 Å². The van der Waals surface area contributed by atoms with Gasteiger partial charge < -0.3 is 11.1 Å². The lowest BCUT2D eigenvalue weighted by Crippen LogP contribution is -2.50. The lowest BCUT2D eigenvalue weighted by atomic mass is 9.71. The molecule has 0 spiro atoms. The molecule has 0 aromatic rings. The fourth-order valence-electron chi connectivity index (χ4n) is 3.01. The van der Waals surface area contributed by atoms with E-state index in [-0.39, 0.29) is 5.91 Å². The van der Waals surface area contributed by atoms with Gasteiger partial charge in [-0.05, 0) is 43.6 Å². The van der Waals surface area contributed by atoms with Crippen molar-refractivity contribution in [3.05, 3.63) is 0 Å². The van der Waals surface area contributed by atoms with Gasteiger partial charge in [-0.15, -0.1) is 0 Å². The molecule has 0 bridgehead atoms. The van der Waals surface area contributed by atoms with Crippen LogP contribution in [0.1, 0.15) is 32.6 Å². The fourth-order valence-corrected chi connectivity index (χ4v) is 3.01. The van der Waals surface area contributed by atoms with Crippen LogP contribution in [0, 0.1) is 17.8 Å². The first-order chi connectivity index (χ1) is 6.74. The molecule has 0 aromatic carbocycles. The van der Waals surface area contributed by atoms with E-state index in [4.69, 9.17) is 5.73 Å². The second kappa shape index (κ2) is 3.89. The number of nitrogens with one attached hydrogen (secondary N) is 1. The molecule has 4 unspecified atom stereocenters. The fraction of sp³-hybridized carbons (Fsp3) is 0.909. The maximum Gasteiger partial charge on any atom is 0.219 e. The largest absolute Gasteiger partial charge is 0.353 e. The van der Waals surface area contributed by atoms with Crippen LogP contribution in [0.5, 0.6) is 0 Å². The van der Waals surface area contributed by atoms with Gasteiger partial charge in [-0.1, -0.05) is 6.92 Å². The number of carbonyl (C=O) groups is 1. The summed E-state index contributed by atoms with van der Waals surface area (Å²) < 4.78 is 0. The minimum atomic E-state index is 0.199. The highest BCUT2D eigenvalue weighted by atomic mass is 16.1. The van der Waals surface area contributed by atoms with Crippen molar-refractivity contribution in [2.75, 3.05) is 6.54 Å². The summed E-state index contributed by atoms with van der Waals surface area (Å²) in [6.45, 7) is 2.73. The third-order valence-electron chi connectivity index (χ3n) is 3.92. The number of fused-ring (bicyclic) bond motifs is 1. The summed E-state index contributed by atoms with van der Waals surface area (Å²) in [6, 6.07) is 0.462. The Hall–Kier alpha value is -0.570. The van der Waals surface area contributed by atoms with Crippen molar-refractivity contribution in [2.24, 2.45) is 23.5 Å². The number of nitrogens with two attached hydrogens (primary N) is 1. The summed E-state index contributed by atoms with van der Waals surface area (Å²) in [4.78, 5) is 11.2. The van der Waals surface area contributed by atoms with Crippen LogP contribution in [0.15, 0.2) is 0 Å². The van der Waals surface area contributed by atoms with Crippen LogP contribution in [0.3, 0.4) is 0 Å². The zero-order valence-corrected chi connectivity index (χ0v) is 8.83. The maximum atomic E-state index is 11.2. The molecule has 3 heteroatoms. The SMILES string of the molecule is CCC(=O)NC1CC2CC(CN)CC21. The van der Waals surface area contributed by atoms with E-state index in [0.29, 0.717) is 18.4 Å². The molecular formula is C11H20N2O. The first-order valence-electron chi connectivity index (χ1n) is 5.74. The Bertz CT molecular complexity index is 229. The number of carbonyl (C=O) groups excluding carboxylic acids is 1. The van der Waals surface area contributed by atoms with E-state index in [1.807, 2.05) is 6.92 Å². The highest BCUT2D eigenvalue weighted by Crippen LogP contribution is 2.49. The van der Waals surface area contributed by atoms with Crippen molar-refractivity contribution in [1.29, 1.82) is 0 Å². The molecule has 14 heavy (non-hydrogen) atoms. The minimum Gasteiger partial charge on any atom is -0.353 e. The predicted octanol–water partition coefficient (Wildman–Crippen LogP) is 0.886. The van der Waals surface area contributed by atoms with Gasteiger partial charge in [-0.3, -0.25) is 4.79 Å². The molecule has 3 N–H and O–H groups in total. The number of hydrogen-bond donors (Lipinski definition) is 2. The Morgan fingerprint density at radius 2 is 2.21 bits per heavy atom. The van der Waals surface area contributed by atoms with Gasteiger partial charge in [0.25, 0.3) is 0 Å². The van der Waals surface area contributed by atoms with E-state index in [9.17, 15) is 4.79 Å². The third-order valence-corrected chi connectivity index (χ3v) is 3.92. The highest BCUT2D eigenvalue weighted by molar-refractivity contribution is 5.76. The van der Waals surface area contributed by atoms with Crippen LogP contribution in [0.2, 0.25) is 0 Å². The Kier molecular flexibility index (Phi) is 2.77. The van der Waals surface area contributed by atoms with Crippen LogP contribution in [-0.4, -0.2) is 18.5 Å². The summed E-state index contributed by atoms with van der Waals surface area (Å²) in [7, 11) is 0. The molecule has 4 atom stereocenters. The van der Waals surface area contributed by atoms with Gasteiger partial charge in [0.15, 0.2) is 0 Å². The van der Waals surface area contributed by atoms with Crippen LogP contribution in [-0.2, 0) is 4.79 Å². The smallest absolute Gasteiger partial charge is 0.219 e. The van der Waals surface area contributed by atoms with Crippen LogP contribution < -0.4 is 11.1 Å². The molecule has 2 aliphatic rings. The maximum absolute atomic E-state index is 11.2. The van der Waals surface area contributed by atoms with Crippen molar-refractivity contribution >= 4 is 5.91 Å². The van der Waals surface area contributed by atoms with Gasteiger partial charge in [-0.2, -0.15) is 0 Å². The average Bonchev–Trinajstić information content (AvgIpc) is 2.51. The minimum absolute atomic E-state index is 0.199. The topological polar surface area (TPSA) is 55.1 Å². The lowest BCUT2D eigenvalue weighted by molar-refractivity contribution is -0.123. The molecule has 80 valence electrons. The quantitative estimate of drug-likeness (QED) is 0.704. The molecule has 2 saturated carbocycles. The summed E-state index contributed by atoms with van der Waals surface area (Å²) in [5, 5.41) is 3.10. The molecule has 0 saturated heterocycles. The lowest BCUT2D eigenvalue weighted by Gasteiger charge is -2.40. The van der Waals surface area contributed by atoms with E-state index >= 15 is 0 Å². The number of hydrogen-bond acceptors (Lipinski definition) is 2. The zero-order valence-electron chi connectivity index (χ0n) is 8.83. The van der Waals surface area contributed by atoms with Gasteiger partial charge in [0.2, 0.25) is 5.91 Å². The Morgan fingerprint density at radius 1 is 1.43 bits per heavy atom. The Balaban J connectivity index is 1.81. The van der Waals surface area contributed by atoms with E-state index in [0.717, 1.165) is 18.4 Å². The first-order valence-corrected chi connectivity index (χ1v) is 5.74. The monoisotopic (exact) mass is 196 g/mol. The number of rotatable bonds is 3. The van der Waals surface area contributed by atoms with Crippen LogP contribution >= 0.6 is 0 Å². The second-order valence-corrected chi connectivity index (χ2v) is 4.76. The van der Waals surface area contributed by atoms with Gasteiger partial charge in [0.05, 0.1) is 0 Å². The van der Waals surface area contributed by atoms with E-state index < -0.39 is 0 Å². The highest BCUT2D eigenvalue weighted by Gasteiger charge is 2.47. The molecular weight excluding hydrogens is 176 g/mol. The summed E-state index contributed by atoms with van der Waals surface area (Å²) >= 11 is 0. The average molecular weight is 196 g/mol. The van der Waals surface area contributed by atoms with Crippen molar-refractivity contribution < 1.29 is 4.79 Å². The summed E-state index contributed by atoms with van der Waals surface area (Å²) in [5.74, 6) is 2.50. The zero-order chi connectivity index (χ0) is 10.1. The van der Waals surface area contributed by atoms with Crippen molar-refractivity contribution in [2.45, 2.75) is 38.6 Å². The molecule has 0 aliphatic heterocycles. The van der Waals surface area contributed by atoms with Gasteiger partial charge >= 0.3 is 0 Å². The normalized spacial score (nSPS) is 40.1. The van der Waals surface area contributed by atoms with Crippen molar-refractivity contribution in [3.63, 3.8) is 0 Å². The molecule has 2 aliphatic carbocycles. The van der Waals surface area contributed by atoms with Gasteiger partial charge in [-0.25, -0.2) is 0 Å². The Morgan fingerprint density at radius 3 is 2.86 bits per heavy atom. The molecule has 0 aromatic heterocycles. The molecule has 2 fully saturated rings. The van der Waals surface area contributed by atoms with E-state index in [2.05, 4.69) is 5.32 Å². The number of amides is 1. The third kappa shape index (κ3) is 1.65. The van der Waals surface area contributed by atoms with Gasteiger partial charge in [0.1, 0.15) is 0 Å². The van der Waals surface area contributed by atoms with E-state index in [1.165, 1.54) is 19.3 Å². The molecule has 1 amide bonds. The summed E-state index contributed by atoms with van der Waals surface area (Å²) in [6.07, 6.45) is 4.32. The molecule has 0 heterocycles. The molecule has 3 nitrogen and oxygen atoms in total. The van der Waals surface area contributed by atoms with E-state index in [1.54, 1.807) is 0 Å². The van der Waals surface area contributed by atoms with Crippen molar-refractivity contribution in [3.8, 4) is 0 Å². The molecule has 2 rings (SSSR count).